The van der Waals surface area contributed by atoms with E-state index in [9.17, 15) is 14.4 Å². The van der Waals surface area contributed by atoms with Gasteiger partial charge in [0.2, 0.25) is 8.32 Å². The van der Waals surface area contributed by atoms with E-state index in [-0.39, 0.29) is 19.1 Å². The van der Waals surface area contributed by atoms with Gasteiger partial charge in [-0.2, -0.15) is 4.90 Å². The van der Waals surface area contributed by atoms with Crippen LogP contribution in [0.1, 0.15) is 102 Å². The van der Waals surface area contributed by atoms with Gasteiger partial charge >= 0.3 is 18.2 Å². The zero-order valence-corrected chi connectivity index (χ0v) is 31.8. The topological polar surface area (TPSA) is 101 Å². The highest BCUT2D eigenvalue weighted by molar-refractivity contribution is 6.77. The van der Waals surface area contributed by atoms with Crippen LogP contribution in [0.3, 0.4) is 0 Å². The Balaban J connectivity index is 2.64. The molecular formula is C36H61NO8Si. The van der Waals surface area contributed by atoms with E-state index in [1.54, 1.807) is 41.5 Å². The van der Waals surface area contributed by atoms with Crippen LogP contribution in [0.25, 0.3) is 0 Å². The first-order valence-corrected chi connectivity index (χ1v) is 19.0. The first-order chi connectivity index (χ1) is 21.1. The van der Waals surface area contributed by atoms with E-state index in [1.807, 2.05) is 25.1 Å². The number of ether oxygens (including phenoxy) is 4. The number of nitrogens with zero attached hydrogens (tertiary/aromatic N) is 1. The van der Waals surface area contributed by atoms with E-state index < -0.39 is 55.9 Å². The molecule has 0 aromatic heterocycles. The summed E-state index contributed by atoms with van der Waals surface area (Å²) in [6.45, 7) is 27.7. The Kier molecular flexibility index (Phi) is 13.9. The third kappa shape index (κ3) is 10.5. The molecule has 1 aromatic carbocycles. The smallest absolute Gasteiger partial charge is 0.420 e. The first kappa shape index (κ1) is 39.7. The van der Waals surface area contributed by atoms with Crippen molar-refractivity contribution in [2.24, 2.45) is 11.8 Å². The molecule has 1 saturated heterocycles. The molecule has 5 unspecified atom stereocenters. The molecule has 10 heteroatoms. The summed E-state index contributed by atoms with van der Waals surface area (Å²) in [7, 11) is -2.52. The van der Waals surface area contributed by atoms with Crippen LogP contribution >= 0.6 is 0 Å². The monoisotopic (exact) mass is 663 g/mol. The highest BCUT2D eigenvalue weighted by Gasteiger charge is 2.52. The lowest BCUT2D eigenvalue weighted by atomic mass is 9.92. The van der Waals surface area contributed by atoms with Gasteiger partial charge in [-0.05, 0) is 83.0 Å². The maximum Gasteiger partial charge on any atom is 0.420 e. The number of hydrogen-bond acceptors (Lipinski definition) is 8. The van der Waals surface area contributed by atoms with Gasteiger partial charge in [0, 0.05) is 5.92 Å². The summed E-state index contributed by atoms with van der Waals surface area (Å²) in [6.07, 6.45) is -2.57. The van der Waals surface area contributed by atoms with Crippen LogP contribution in [0.5, 0.6) is 0 Å². The molecule has 0 aliphatic carbocycles. The Hall–Kier alpha value is -2.43. The van der Waals surface area contributed by atoms with E-state index >= 15 is 0 Å². The molecule has 1 fully saturated rings. The SMILES string of the molecule is CC(C)C(C)[Si](OC1C(Cc2ccccc2)COCC(N(C(=O)OC(C)(C)C)C(=O)OC(C)(C)C)C(=O)OC1C)(C(C)C)C(C)C. The second-order valence-corrected chi connectivity index (χ2v) is 20.9. The van der Waals surface area contributed by atoms with Gasteiger partial charge in [0.1, 0.15) is 17.3 Å². The van der Waals surface area contributed by atoms with Crippen LogP contribution < -0.4 is 0 Å². The van der Waals surface area contributed by atoms with Crippen LogP contribution in [0.4, 0.5) is 9.59 Å². The van der Waals surface area contributed by atoms with Gasteiger partial charge in [-0.3, -0.25) is 0 Å². The molecule has 46 heavy (non-hydrogen) atoms. The molecule has 2 amide bonds. The summed E-state index contributed by atoms with van der Waals surface area (Å²) < 4.78 is 31.0. The second-order valence-electron chi connectivity index (χ2n) is 15.8. The summed E-state index contributed by atoms with van der Waals surface area (Å²) in [4.78, 5) is 41.6. The zero-order valence-electron chi connectivity index (χ0n) is 30.8. The maximum absolute atomic E-state index is 14.0. The number of carbonyl (C=O) groups excluding carboxylic acids is 3. The van der Waals surface area contributed by atoms with Gasteiger partial charge in [0.15, 0.2) is 6.04 Å². The fraction of sp³-hybridized carbons (Fsp3) is 0.750. The number of imide groups is 1. The van der Waals surface area contributed by atoms with Gasteiger partial charge < -0.3 is 23.4 Å². The van der Waals surface area contributed by atoms with Crippen molar-refractivity contribution in [3.63, 3.8) is 0 Å². The van der Waals surface area contributed by atoms with E-state index in [0.717, 1.165) is 5.56 Å². The molecule has 5 atom stereocenters. The van der Waals surface area contributed by atoms with Crippen molar-refractivity contribution < 1.29 is 37.8 Å². The van der Waals surface area contributed by atoms with Crippen molar-refractivity contribution in [2.45, 2.75) is 149 Å². The van der Waals surface area contributed by atoms with Crippen molar-refractivity contribution >= 4 is 26.5 Å². The molecule has 1 aliphatic rings. The quantitative estimate of drug-likeness (QED) is 0.147. The molecule has 262 valence electrons. The predicted molar refractivity (Wildman–Crippen MR) is 183 cm³/mol. The fourth-order valence-corrected chi connectivity index (χ4v) is 12.6. The van der Waals surface area contributed by atoms with Crippen LogP contribution in [0, 0.1) is 11.8 Å². The van der Waals surface area contributed by atoms with Crippen molar-refractivity contribution in [1.29, 1.82) is 0 Å². The summed E-state index contributed by atoms with van der Waals surface area (Å²) in [5, 5.41) is 0. The maximum atomic E-state index is 14.0. The van der Waals surface area contributed by atoms with E-state index in [0.29, 0.717) is 33.9 Å². The average Bonchev–Trinajstić information content (AvgIpc) is 2.94. The summed E-state index contributed by atoms with van der Waals surface area (Å²) in [5.74, 6) is -0.560. The number of cyclic esters (lactones) is 1. The van der Waals surface area contributed by atoms with Gasteiger partial charge in [-0.25, -0.2) is 14.4 Å². The predicted octanol–water partition coefficient (Wildman–Crippen LogP) is 8.54. The molecule has 0 spiro atoms. The lowest BCUT2D eigenvalue weighted by Gasteiger charge is -2.49. The third-order valence-corrected chi connectivity index (χ3v) is 15.2. The van der Waals surface area contributed by atoms with E-state index in [1.165, 1.54) is 0 Å². The number of rotatable bonds is 9. The summed E-state index contributed by atoms with van der Waals surface area (Å²) in [6, 6.07) is 8.71. The van der Waals surface area contributed by atoms with Gasteiger partial charge in [-0.15, -0.1) is 0 Å². The van der Waals surface area contributed by atoms with Gasteiger partial charge in [0.05, 0.1) is 19.3 Å². The standard InChI is InChI=1S/C36H61NO8Si/c1-23(2)27(8)46(24(3)4,25(5)6)45-31-26(7)42-32(38)30(22-41-21-29(31)20-28-18-16-15-17-19-28)37(33(39)43-35(9,10)11)34(40)44-36(12,13)14/h15-19,23-27,29-31H,20-22H2,1-14H3. The first-order valence-electron chi connectivity index (χ1n) is 16.9. The van der Waals surface area contributed by atoms with Crippen LogP contribution in [0.15, 0.2) is 30.3 Å². The Morgan fingerprint density at radius 2 is 1.37 bits per heavy atom. The van der Waals surface area contributed by atoms with Crippen molar-refractivity contribution in [2.75, 3.05) is 13.2 Å². The molecule has 0 saturated carbocycles. The van der Waals surface area contributed by atoms with Crippen molar-refractivity contribution in [3.05, 3.63) is 35.9 Å². The lowest BCUT2D eigenvalue weighted by Crippen LogP contribution is -2.57. The summed E-state index contributed by atoms with van der Waals surface area (Å²) >= 11 is 0. The molecule has 0 radical (unpaired) electrons. The Morgan fingerprint density at radius 3 is 1.80 bits per heavy atom. The summed E-state index contributed by atoms with van der Waals surface area (Å²) in [5.41, 5.74) is 0.165. The number of esters is 1. The molecule has 9 nitrogen and oxygen atoms in total. The van der Waals surface area contributed by atoms with E-state index in [4.69, 9.17) is 23.4 Å². The van der Waals surface area contributed by atoms with Crippen LogP contribution in [0.2, 0.25) is 16.6 Å². The molecule has 0 N–H and O–H groups in total. The Morgan fingerprint density at radius 1 is 0.870 bits per heavy atom. The molecule has 1 aromatic rings. The second kappa shape index (κ2) is 16.1. The molecule has 1 aliphatic heterocycles. The van der Waals surface area contributed by atoms with Crippen LogP contribution in [-0.2, 0) is 34.6 Å². The lowest BCUT2D eigenvalue weighted by molar-refractivity contribution is -0.160. The number of benzene rings is 1. The fourth-order valence-electron chi connectivity index (χ4n) is 6.48. The minimum Gasteiger partial charge on any atom is -0.458 e. The molecule has 2 rings (SSSR count). The minimum atomic E-state index is -2.52. The van der Waals surface area contributed by atoms with Crippen LogP contribution in [-0.4, -0.2) is 74.0 Å². The Labute approximate surface area is 279 Å². The third-order valence-electron chi connectivity index (χ3n) is 8.80. The average molecular weight is 664 g/mol. The molecule has 0 bridgehead atoms. The van der Waals surface area contributed by atoms with E-state index in [2.05, 4.69) is 60.6 Å². The highest BCUT2D eigenvalue weighted by Crippen LogP contribution is 2.47. The largest absolute Gasteiger partial charge is 0.458 e. The van der Waals surface area contributed by atoms with Crippen molar-refractivity contribution in [3.8, 4) is 0 Å². The van der Waals surface area contributed by atoms with Gasteiger partial charge in [0.25, 0.3) is 0 Å². The highest BCUT2D eigenvalue weighted by atomic mass is 28.4. The number of amides is 2. The molecule has 1 heterocycles. The minimum absolute atomic E-state index is 0.177. The number of carbonyl (C=O) groups is 3. The Bertz CT molecular complexity index is 1100. The van der Waals surface area contributed by atoms with Gasteiger partial charge in [-0.1, -0.05) is 78.8 Å². The number of hydrogen-bond donors (Lipinski definition) is 0. The zero-order chi connectivity index (χ0) is 35.2. The molecular weight excluding hydrogens is 602 g/mol. The van der Waals surface area contributed by atoms with Crippen molar-refractivity contribution in [1.82, 2.24) is 4.90 Å². The normalized spacial score (nSPS) is 22.5.